The highest BCUT2D eigenvalue weighted by atomic mass is 32.1. The molecule has 0 fully saturated rings. The number of aromatic nitrogens is 1. The van der Waals surface area contributed by atoms with Gasteiger partial charge in [-0.2, -0.15) is 0 Å². The van der Waals surface area contributed by atoms with E-state index in [0.29, 0.717) is 40.1 Å². The summed E-state index contributed by atoms with van der Waals surface area (Å²) in [6.45, 7) is 0.692. The smallest absolute Gasteiger partial charge is 0.318 e. The summed E-state index contributed by atoms with van der Waals surface area (Å²) in [6, 6.07) is 28.9. The molecule has 0 atom stereocenters. The summed E-state index contributed by atoms with van der Waals surface area (Å²) in [7, 11) is 3.47. The standard InChI is InChI=1S/C38H32F2N4O3S/c1-41-38(47)42-27-18-16-26(17-19-27)36-29(21-43(2)20-24-10-5-3-6-11-24)33-35(46)30(34(45)25-12-7-4-8-13-25)23-44(37(33)48-36)22-28-31(39)14-9-15-32(28)40/h3-19,23H,20-22H2,1-2H3,(H2,41,42,47). The topological polar surface area (TPSA) is 83.4 Å². The third kappa shape index (κ3) is 6.80. The van der Waals surface area contributed by atoms with Gasteiger partial charge in [0.25, 0.3) is 0 Å². The normalized spacial score (nSPS) is 11.2. The highest BCUT2D eigenvalue weighted by molar-refractivity contribution is 7.22. The minimum atomic E-state index is -0.725. The number of benzene rings is 4. The highest BCUT2D eigenvalue weighted by Gasteiger charge is 2.25. The van der Waals surface area contributed by atoms with Crippen molar-refractivity contribution >= 4 is 39.1 Å². The average Bonchev–Trinajstić information content (AvgIpc) is 3.47. The maximum absolute atomic E-state index is 15.0. The fourth-order valence-electron chi connectivity index (χ4n) is 5.68. The second-order valence-electron chi connectivity index (χ2n) is 11.4. The first-order valence-electron chi connectivity index (χ1n) is 15.3. The molecule has 0 saturated carbocycles. The number of nitrogens with one attached hydrogen (secondary N) is 2. The van der Waals surface area contributed by atoms with Gasteiger partial charge in [0, 0.05) is 48.0 Å². The Labute approximate surface area is 280 Å². The van der Waals surface area contributed by atoms with Gasteiger partial charge in [0.1, 0.15) is 16.5 Å². The molecule has 2 aromatic heterocycles. The van der Waals surface area contributed by atoms with Crippen molar-refractivity contribution in [3.8, 4) is 10.4 Å². The molecule has 0 aliphatic heterocycles. The monoisotopic (exact) mass is 662 g/mol. The Hall–Kier alpha value is -5.45. The molecule has 48 heavy (non-hydrogen) atoms. The molecule has 0 saturated heterocycles. The summed E-state index contributed by atoms with van der Waals surface area (Å²) >= 11 is 1.32. The fraction of sp³-hybridized carbons (Fsp3) is 0.132. The number of hydrogen-bond donors (Lipinski definition) is 2. The van der Waals surface area contributed by atoms with Gasteiger partial charge in [-0.1, -0.05) is 78.9 Å². The molecule has 242 valence electrons. The van der Waals surface area contributed by atoms with E-state index in [1.807, 2.05) is 49.5 Å². The van der Waals surface area contributed by atoms with E-state index >= 15 is 8.78 Å². The van der Waals surface area contributed by atoms with Crippen molar-refractivity contribution in [3.05, 3.63) is 159 Å². The number of hydrogen-bond acceptors (Lipinski definition) is 5. The minimum Gasteiger partial charge on any atom is -0.341 e. The maximum atomic E-state index is 15.0. The van der Waals surface area contributed by atoms with Gasteiger partial charge in [-0.25, -0.2) is 13.6 Å². The summed E-state index contributed by atoms with van der Waals surface area (Å²) in [5.74, 6) is -1.93. The molecule has 2 heterocycles. The van der Waals surface area contributed by atoms with Crippen molar-refractivity contribution in [1.82, 2.24) is 14.8 Å². The summed E-state index contributed by atoms with van der Waals surface area (Å²) in [5, 5.41) is 5.59. The van der Waals surface area contributed by atoms with E-state index in [9.17, 15) is 14.4 Å². The van der Waals surface area contributed by atoms with Gasteiger partial charge in [-0.05, 0) is 48.0 Å². The number of thiophene rings is 1. The quantitative estimate of drug-likeness (QED) is 0.148. The fourth-order valence-corrected chi connectivity index (χ4v) is 6.97. The third-order valence-electron chi connectivity index (χ3n) is 8.03. The van der Waals surface area contributed by atoms with Crippen molar-refractivity contribution < 1.29 is 18.4 Å². The summed E-state index contributed by atoms with van der Waals surface area (Å²) < 4.78 is 31.6. The summed E-state index contributed by atoms with van der Waals surface area (Å²) in [4.78, 5) is 43.5. The first-order valence-corrected chi connectivity index (χ1v) is 16.1. The van der Waals surface area contributed by atoms with Crippen LogP contribution in [0.4, 0.5) is 19.3 Å². The second kappa shape index (κ2) is 14.1. The number of urea groups is 1. The van der Waals surface area contributed by atoms with Gasteiger partial charge < -0.3 is 15.2 Å². The molecule has 6 rings (SSSR count). The van der Waals surface area contributed by atoms with Crippen LogP contribution in [0.1, 0.15) is 32.6 Å². The molecule has 7 nitrogen and oxygen atoms in total. The molecule has 0 radical (unpaired) electrons. The largest absolute Gasteiger partial charge is 0.341 e. The Balaban J connectivity index is 1.57. The van der Waals surface area contributed by atoms with Crippen molar-refractivity contribution in [3.63, 3.8) is 0 Å². The van der Waals surface area contributed by atoms with Gasteiger partial charge in [-0.3, -0.25) is 14.5 Å². The number of amides is 2. The Morgan fingerprint density at radius 3 is 2.10 bits per heavy atom. The molecular formula is C38H32F2N4O3S. The number of rotatable bonds is 10. The predicted octanol–water partition coefficient (Wildman–Crippen LogP) is 7.67. The molecule has 2 amide bonds. The average molecular weight is 663 g/mol. The zero-order valence-corrected chi connectivity index (χ0v) is 27.1. The molecular weight excluding hydrogens is 631 g/mol. The van der Waals surface area contributed by atoms with E-state index < -0.39 is 22.8 Å². The van der Waals surface area contributed by atoms with Crippen LogP contribution in [0.2, 0.25) is 0 Å². The minimum absolute atomic E-state index is 0.0908. The lowest BCUT2D eigenvalue weighted by molar-refractivity contribution is 0.103. The molecule has 0 unspecified atom stereocenters. The number of fused-ring (bicyclic) bond motifs is 1. The number of anilines is 1. The van der Waals surface area contributed by atoms with Crippen LogP contribution in [0.3, 0.4) is 0 Å². The Morgan fingerprint density at radius 1 is 0.812 bits per heavy atom. The van der Waals surface area contributed by atoms with Crippen LogP contribution in [-0.4, -0.2) is 35.4 Å². The molecule has 0 aliphatic rings. The van der Waals surface area contributed by atoms with Crippen LogP contribution < -0.4 is 16.1 Å². The lowest BCUT2D eigenvalue weighted by atomic mass is 10.00. The Morgan fingerprint density at radius 2 is 1.46 bits per heavy atom. The Kier molecular flexibility index (Phi) is 9.56. The van der Waals surface area contributed by atoms with Crippen LogP contribution in [0.5, 0.6) is 0 Å². The highest BCUT2D eigenvalue weighted by Crippen LogP contribution is 2.39. The molecule has 2 N–H and O–H groups in total. The van der Waals surface area contributed by atoms with E-state index in [1.165, 1.54) is 42.8 Å². The van der Waals surface area contributed by atoms with Crippen LogP contribution in [0.15, 0.2) is 114 Å². The molecule has 0 spiro atoms. The lowest BCUT2D eigenvalue weighted by Gasteiger charge is -2.18. The summed E-state index contributed by atoms with van der Waals surface area (Å²) in [5.41, 5.74) is 2.74. The van der Waals surface area contributed by atoms with Crippen LogP contribution in [0, 0.1) is 11.6 Å². The van der Waals surface area contributed by atoms with Crippen molar-refractivity contribution in [1.29, 1.82) is 0 Å². The predicted molar refractivity (Wildman–Crippen MR) is 187 cm³/mol. The van der Waals surface area contributed by atoms with E-state index in [2.05, 4.69) is 15.5 Å². The number of carbonyl (C=O) groups is 2. The molecule has 0 aliphatic carbocycles. The number of pyridine rings is 1. The number of ketones is 1. The lowest BCUT2D eigenvalue weighted by Crippen LogP contribution is -2.24. The van der Waals surface area contributed by atoms with Crippen LogP contribution in [-0.2, 0) is 19.6 Å². The first-order chi connectivity index (χ1) is 23.2. The maximum Gasteiger partial charge on any atom is 0.318 e. The van der Waals surface area contributed by atoms with Crippen molar-refractivity contribution in [2.24, 2.45) is 0 Å². The van der Waals surface area contributed by atoms with E-state index in [0.717, 1.165) is 16.0 Å². The van der Waals surface area contributed by atoms with Crippen LogP contribution >= 0.6 is 11.3 Å². The third-order valence-corrected chi connectivity index (χ3v) is 9.35. The van der Waals surface area contributed by atoms with Gasteiger partial charge in [-0.15, -0.1) is 11.3 Å². The number of carbonyl (C=O) groups excluding carboxylic acids is 2. The van der Waals surface area contributed by atoms with E-state index in [4.69, 9.17) is 0 Å². The molecule has 4 aromatic carbocycles. The van der Waals surface area contributed by atoms with Gasteiger partial charge >= 0.3 is 6.03 Å². The van der Waals surface area contributed by atoms with Gasteiger partial charge in [0.05, 0.1) is 17.5 Å². The van der Waals surface area contributed by atoms with Crippen molar-refractivity contribution in [2.45, 2.75) is 19.6 Å². The number of nitrogens with zero attached hydrogens (tertiary/aromatic N) is 2. The Bertz CT molecular complexity index is 2140. The molecule has 10 heteroatoms. The summed E-state index contributed by atoms with van der Waals surface area (Å²) in [6.07, 6.45) is 1.42. The molecule has 6 aromatic rings. The zero-order chi connectivity index (χ0) is 33.8. The zero-order valence-electron chi connectivity index (χ0n) is 26.3. The SMILES string of the molecule is CNC(=O)Nc1ccc(-c2sc3c(c2CN(C)Cc2ccccc2)c(=O)c(C(=O)c2ccccc2)cn3Cc2c(F)cccc2F)cc1. The van der Waals surface area contributed by atoms with Gasteiger partial charge in [0.2, 0.25) is 5.43 Å². The van der Waals surface area contributed by atoms with Crippen LogP contribution in [0.25, 0.3) is 20.7 Å². The number of halogens is 2. The second-order valence-corrected chi connectivity index (χ2v) is 12.4. The van der Waals surface area contributed by atoms with E-state index in [-0.39, 0.29) is 23.7 Å². The van der Waals surface area contributed by atoms with Gasteiger partial charge in [0.15, 0.2) is 5.78 Å². The molecule has 0 bridgehead atoms. The van der Waals surface area contributed by atoms with E-state index in [1.54, 1.807) is 47.0 Å². The first kappa shape index (κ1) is 32.5. The van der Waals surface area contributed by atoms with Crippen molar-refractivity contribution in [2.75, 3.05) is 19.4 Å².